The first-order valence-corrected chi connectivity index (χ1v) is 26.7. The second-order valence-corrected chi connectivity index (χ2v) is 17.1. The van der Waals surface area contributed by atoms with Crippen molar-refractivity contribution in [3.05, 3.63) is 65.2 Å². The number of para-hydroxylation sites is 1. The topological polar surface area (TPSA) is 265 Å². The number of anilines is 1. The third-order valence-corrected chi connectivity index (χ3v) is 11.0. The highest BCUT2D eigenvalue weighted by Crippen LogP contribution is 2.26. The Morgan fingerprint density at radius 1 is 0.487 bits per heavy atom. The number of carbonyl (C=O) groups excluding carboxylic acids is 4. The summed E-state index contributed by atoms with van der Waals surface area (Å²) < 4.78 is 70.6. The number of carboxylic acid groups (broad SMARTS) is 1. The average molecular weight is 1110 g/mol. The Kier molecular flexibility index (Phi) is 40.2. The zero-order valence-electron chi connectivity index (χ0n) is 45.5. The van der Waals surface area contributed by atoms with Crippen molar-refractivity contribution in [2.45, 2.75) is 51.1 Å². The molecule has 78 heavy (non-hydrogen) atoms. The fourth-order valence-electron chi connectivity index (χ4n) is 6.93. The molecule has 1 heterocycles. The zero-order chi connectivity index (χ0) is 55.8. The molecule has 23 nitrogen and oxygen atoms in total. The molecule has 0 spiro atoms. The van der Waals surface area contributed by atoms with Crippen LogP contribution in [0.3, 0.4) is 0 Å². The molecule has 0 radical (unpaired) electrons. The van der Waals surface area contributed by atoms with E-state index in [-0.39, 0.29) is 57.9 Å². The fraction of sp³-hybridized carbons (Fsp3) is 0.655. The van der Waals surface area contributed by atoms with Gasteiger partial charge < -0.3 is 87.5 Å². The number of fused-ring (bicyclic) bond motifs is 2. The summed E-state index contributed by atoms with van der Waals surface area (Å²) in [5.41, 5.74) is 3.27. The third-order valence-electron chi connectivity index (χ3n) is 11.0. The van der Waals surface area contributed by atoms with Gasteiger partial charge in [0.1, 0.15) is 6.04 Å². The number of hydrogen-bond donors (Lipinski definition) is 4. The van der Waals surface area contributed by atoms with Crippen LogP contribution in [0.25, 0.3) is 0 Å². The minimum Gasteiger partial charge on any atom is -0.481 e. The first-order chi connectivity index (χ1) is 38.3. The van der Waals surface area contributed by atoms with Crippen molar-refractivity contribution in [3.63, 3.8) is 0 Å². The van der Waals surface area contributed by atoms with E-state index < -0.39 is 29.7 Å². The van der Waals surface area contributed by atoms with Gasteiger partial charge in [-0.1, -0.05) is 42.2 Å². The summed E-state index contributed by atoms with van der Waals surface area (Å²) in [6.45, 7) is 10.9. The van der Waals surface area contributed by atoms with E-state index in [2.05, 4.69) is 27.8 Å². The van der Waals surface area contributed by atoms with Crippen LogP contribution in [-0.4, -0.2) is 226 Å². The molecule has 3 rings (SSSR count). The molecule has 0 unspecified atom stereocenters. The number of carbonyl (C=O) groups is 5. The second-order valence-electron chi connectivity index (χ2n) is 17.1. The van der Waals surface area contributed by atoms with Gasteiger partial charge in [0, 0.05) is 50.6 Å². The van der Waals surface area contributed by atoms with E-state index in [4.69, 9.17) is 66.7 Å². The summed E-state index contributed by atoms with van der Waals surface area (Å²) in [5.74, 6) is 3.67. The SMILES string of the molecule is COCCOCCOCCOCCOCCOCCOCCOCCOCCOCCOCCOCCOCCC(=O)NC[C@H](NC(=O)CCCCC(=O)N1Cc2ccccc2C#Cc2ccccc21)C(=O)NCCC(=O)O. The van der Waals surface area contributed by atoms with Crippen molar-refractivity contribution in [1.82, 2.24) is 16.0 Å². The van der Waals surface area contributed by atoms with Crippen LogP contribution < -0.4 is 20.9 Å². The highest BCUT2D eigenvalue weighted by molar-refractivity contribution is 5.95. The van der Waals surface area contributed by atoms with Crippen molar-refractivity contribution in [2.24, 2.45) is 0 Å². The van der Waals surface area contributed by atoms with Gasteiger partial charge in [-0.25, -0.2) is 0 Å². The number of carboxylic acids is 1. The molecule has 23 heteroatoms. The molecule has 0 fully saturated rings. The minimum absolute atomic E-state index is 0.00716. The van der Waals surface area contributed by atoms with E-state index in [0.29, 0.717) is 171 Å². The van der Waals surface area contributed by atoms with E-state index in [1.165, 1.54) is 0 Å². The molecule has 0 aromatic heterocycles. The van der Waals surface area contributed by atoms with Crippen LogP contribution >= 0.6 is 0 Å². The number of ether oxygens (including phenoxy) is 13. The summed E-state index contributed by atoms with van der Waals surface area (Å²) in [4.78, 5) is 64.8. The van der Waals surface area contributed by atoms with Crippen molar-refractivity contribution in [2.75, 3.05) is 190 Å². The lowest BCUT2D eigenvalue weighted by atomic mass is 10.0. The van der Waals surface area contributed by atoms with Gasteiger partial charge in [-0.2, -0.15) is 0 Å². The number of aliphatic carboxylic acids is 1. The van der Waals surface area contributed by atoms with Gasteiger partial charge in [0.2, 0.25) is 23.6 Å². The number of unbranched alkanes of at least 4 members (excludes halogenated alkanes) is 1. The van der Waals surface area contributed by atoms with Gasteiger partial charge in [-0.15, -0.1) is 0 Å². The highest BCUT2D eigenvalue weighted by Gasteiger charge is 2.23. The maximum Gasteiger partial charge on any atom is 0.305 e. The largest absolute Gasteiger partial charge is 0.481 e. The highest BCUT2D eigenvalue weighted by atomic mass is 16.6. The summed E-state index contributed by atoms with van der Waals surface area (Å²) in [6.07, 6.45) is 0.664. The van der Waals surface area contributed by atoms with Crippen LogP contribution in [-0.2, 0) is 92.1 Å². The molecule has 0 saturated carbocycles. The van der Waals surface area contributed by atoms with Crippen molar-refractivity contribution in [3.8, 4) is 11.8 Å². The average Bonchev–Trinajstić information content (AvgIpc) is 3.43. The van der Waals surface area contributed by atoms with Gasteiger partial charge in [0.25, 0.3) is 0 Å². The molecule has 0 aliphatic carbocycles. The minimum atomic E-state index is -1.16. The van der Waals surface area contributed by atoms with Gasteiger partial charge in [0.05, 0.1) is 184 Å². The summed E-state index contributed by atoms with van der Waals surface area (Å²) in [6, 6.07) is 14.0. The summed E-state index contributed by atoms with van der Waals surface area (Å²) >= 11 is 0. The molecule has 1 atom stereocenters. The molecule has 4 amide bonds. The van der Waals surface area contributed by atoms with Crippen LogP contribution in [0.4, 0.5) is 5.69 Å². The van der Waals surface area contributed by atoms with E-state index in [0.717, 1.165) is 22.4 Å². The van der Waals surface area contributed by atoms with Crippen molar-refractivity contribution < 1.29 is 90.7 Å². The zero-order valence-corrected chi connectivity index (χ0v) is 45.5. The van der Waals surface area contributed by atoms with Crippen LogP contribution in [0.5, 0.6) is 0 Å². The van der Waals surface area contributed by atoms with E-state index in [1.807, 2.05) is 48.5 Å². The second kappa shape index (κ2) is 46.7. The van der Waals surface area contributed by atoms with Crippen molar-refractivity contribution >= 4 is 35.3 Å². The lowest BCUT2D eigenvalue weighted by Crippen LogP contribution is -2.53. The molecule has 0 saturated heterocycles. The van der Waals surface area contributed by atoms with E-state index in [9.17, 15) is 24.0 Å². The number of rotatable bonds is 51. The lowest BCUT2D eigenvalue weighted by molar-refractivity contribution is -0.137. The van der Waals surface area contributed by atoms with Crippen molar-refractivity contribution in [1.29, 1.82) is 0 Å². The molecule has 438 valence electrons. The number of hydrogen-bond acceptors (Lipinski definition) is 18. The summed E-state index contributed by atoms with van der Waals surface area (Å²) in [7, 11) is 1.64. The van der Waals surface area contributed by atoms with Gasteiger partial charge >= 0.3 is 5.97 Å². The first-order valence-electron chi connectivity index (χ1n) is 26.7. The molecule has 2 aromatic carbocycles. The number of methoxy groups -OCH3 is 1. The Morgan fingerprint density at radius 3 is 1.37 bits per heavy atom. The Morgan fingerprint density at radius 2 is 0.897 bits per heavy atom. The van der Waals surface area contributed by atoms with Crippen LogP contribution in [0.15, 0.2) is 48.5 Å². The predicted octanol–water partition coefficient (Wildman–Crippen LogP) is 1.92. The van der Waals surface area contributed by atoms with Crippen LogP contribution in [0, 0.1) is 11.8 Å². The molecular weight excluding hydrogens is 1020 g/mol. The van der Waals surface area contributed by atoms with Crippen LogP contribution in [0.2, 0.25) is 0 Å². The van der Waals surface area contributed by atoms with Crippen LogP contribution in [0.1, 0.15) is 55.2 Å². The quantitative estimate of drug-likeness (QED) is 0.0545. The Bertz CT molecular complexity index is 1990. The first kappa shape index (κ1) is 67.1. The van der Waals surface area contributed by atoms with Gasteiger partial charge in [0.15, 0.2) is 0 Å². The maximum absolute atomic E-state index is 13.6. The lowest BCUT2D eigenvalue weighted by Gasteiger charge is -2.26. The third kappa shape index (κ3) is 34.7. The standard InChI is InChI=1S/C55H84N4O19/c1-66-20-21-68-24-25-70-28-29-72-32-33-74-36-37-76-40-41-78-43-42-77-39-38-75-35-34-73-31-30-71-27-26-69-23-22-67-19-17-51(60)57-44-49(55(65)56-18-16-54(63)64)58-52(61)12-6-7-13-53(62)59-45-48-10-3-2-8-46(48)14-15-47-9-4-5-11-50(47)59/h2-5,8-11,49H,6-7,12-13,16-45H2,1H3,(H,56,65)(H,57,60)(H,58,61)(H,63,64)/t49-/m0/s1. The molecule has 1 aliphatic rings. The smallest absolute Gasteiger partial charge is 0.305 e. The Labute approximate surface area is 459 Å². The normalized spacial score (nSPS) is 12.1. The Hall–Kier alpha value is -5.17. The molecule has 0 bridgehead atoms. The van der Waals surface area contributed by atoms with E-state index in [1.54, 1.807) is 12.0 Å². The number of benzene rings is 2. The molecular formula is C55H84N4O19. The monoisotopic (exact) mass is 1100 g/mol. The fourth-order valence-corrected chi connectivity index (χ4v) is 6.93. The number of nitrogens with zero attached hydrogens (tertiary/aromatic N) is 1. The maximum atomic E-state index is 13.6. The van der Waals surface area contributed by atoms with E-state index >= 15 is 0 Å². The number of amides is 4. The van der Waals surface area contributed by atoms with Gasteiger partial charge in [-0.3, -0.25) is 24.0 Å². The predicted molar refractivity (Wildman–Crippen MR) is 285 cm³/mol. The summed E-state index contributed by atoms with van der Waals surface area (Å²) in [5, 5.41) is 16.8. The molecule has 2 aromatic rings. The molecule has 4 N–H and O–H groups in total. The van der Waals surface area contributed by atoms with Gasteiger partial charge in [-0.05, 0) is 36.6 Å². The molecule has 1 aliphatic heterocycles. The Balaban J connectivity index is 1.09. The number of nitrogens with one attached hydrogen (secondary N) is 3.